The van der Waals surface area contributed by atoms with Gasteiger partial charge in [0.2, 0.25) is 0 Å². The Balaban J connectivity index is 1.72. The summed E-state index contributed by atoms with van der Waals surface area (Å²) in [6.07, 6.45) is 4.74. The van der Waals surface area contributed by atoms with E-state index in [-0.39, 0.29) is 5.91 Å². The summed E-state index contributed by atoms with van der Waals surface area (Å²) < 4.78 is 13.7. The van der Waals surface area contributed by atoms with Gasteiger partial charge >= 0.3 is 0 Å². The predicted octanol–water partition coefficient (Wildman–Crippen LogP) is 3.89. The number of amides is 1. The molecule has 0 unspecified atom stereocenters. The summed E-state index contributed by atoms with van der Waals surface area (Å²) in [5.41, 5.74) is 1.31. The van der Waals surface area contributed by atoms with E-state index in [1.807, 2.05) is 29.1 Å². The van der Waals surface area contributed by atoms with Gasteiger partial charge in [-0.1, -0.05) is 6.92 Å². The summed E-state index contributed by atoms with van der Waals surface area (Å²) in [6.45, 7) is 2.97. The number of thiazole rings is 1. The zero-order valence-electron chi connectivity index (χ0n) is 13.9. The second-order valence-corrected chi connectivity index (χ2v) is 7.07. The van der Waals surface area contributed by atoms with Crippen LogP contribution in [0.4, 0.5) is 0 Å². The Morgan fingerprint density at radius 1 is 1.44 bits per heavy atom. The highest BCUT2D eigenvalue weighted by molar-refractivity contribution is 9.10. The third kappa shape index (κ3) is 3.96. The van der Waals surface area contributed by atoms with E-state index in [2.05, 4.69) is 26.2 Å². The van der Waals surface area contributed by atoms with E-state index in [1.165, 1.54) is 0 Å². The number of nitrogens with zero attached hydrogens (tertiary/aromatic N) is 2. The first kappa shape index (κ1) is 17.8. The molecule has 0 aliphatic rings. The third-order valence-electron chi connectivity index (χ3n) is 3.52. The molecule has 8 heteroatoms. The summed E-state index contributed by atoms with van der Waals surface area (Å²) >= 11 is 5.01. The maximum absolute atomic E-state index is 12.5. The maximum Gasteiger partial charge on any atom is 0.251 e. The molecule has 1 amide bonds. The van der Waals surface area contributed by atoms with Crippen molar-refractivity contribution in [2.24, 2.45) is 0 Å². The smallest absolute Gasteiger partial charge is 0.251 e. The molecule has 0 spiro atoms. The molecular weight excluding hydrogens is 406 g/mol. The Morgan fingerprint density at radius 2 is 2.28 bits per heavy atom. The van der Waals surface area contributed by atoms with Gasteiger partial charge < -0.3 is 14.8 Å². The number of carbonyl (C=O) groups excluding carboxylic acids is 1. The minimum atomic E-state index is -0.197. The molecule has 0 atom stereocenters. The predicted molar refractivity (Wildman–Crippen MR) is 101 cm³/mol. The second kappa shape index (κ2) is 7.88. The molecule has 2 aromatic heterocycles. The van der Waals surface area contributed by atoms with E-state index in [4.69, 9.17) is 9.47 Å². The van der Waals surface area contributed by atoms with Crippen LogP contribution in [0.3, 0.4) is 0 Å². The van der Waals surface area contributed by atoms with E-state index in [0.717, 1.165) is 17.1 Å². The van der Waals surface area contributed by atoms with E-state index >= 15 is 0 Å². The van der Waals surface area contributed by atoms with Crippen molar-refractivity contribution in [3.8, 4) is 11.5 Å². The lowest BCUT2D eigenvalue weighted by molar-refractivity contribution is 0.0950. The average Bonchev–Trinajstić information content (AvgIpc) is 3.19. The van der Waals surface area contributed by atoms with Crippen molar-refractivity contribution in [3.05, 3.63) is 45.6 Å². The van der Waals surface area contributed by atoms with E-state index in [1.54, 1.807) is 30.6 Å². The van der Waals surface area contributed by atoms with Crippen LogP contribution in [0.15, 0.2) is 34.4 Å². The summed E-state index contributed by atoms with van der Waals surface area (Å²) in [4.78, 5) is 17.8. The standard InChI is InChI=1S/C17H18BrN3O3S/c1-3-5-24-15-13(18)7-11(8-14(15)23-2)16(22)19-9-12-10-21-4-6-25-17(21)20-12/h4,6-8,10H,3,5,9H2,1-2H3,(H,19,22). The topological polar surface area (TPSA) is 64.9 Å². The molecule has 2 heterocycles. The summed E-state index contributed by atoms with van der Waals surface area (Å²) in [6, 6.07) is 3.41. The van der Waals surface area contributed by atoms with E-state index in [9.17, 15) is 4.79 Å². The van der Waals surface area contributed by atoms with Crippen LogP contribution in [-0.2, 0) is 6.54 Å². The molecule has 1 N–H and O–H groups in total. The number of rotatable bonds is 7. The van der Waals surface area contributed by atoms with Gasteiger partial charge in [-0.2, -0.15) is 0 Å². The number of methoxy groups -OCH3 is 1. The van der Waals surface area contributed by atoms with Crippen molar-refractivity contribution in [3.63, 3.8) is 0 Å². The quantitative estimate of drug-likeness (QED) is 0.625. The third-order valence-corrected chi connectivity index (χ3v) is 4.88. The van der Waals surface area contributed by atoms with E-state index < -0.39 is 0 Å². The minimum Gasteiger partial charge on any atom is -0.493 e. The fourth-order valence-corrected chi connectivity index (χ4v) is 3.60. The maximum atomic E-state index is 12.5. The molecule has 3 rings (SSSR count). The number of hydrogen-bond donors (Lipinski definition) is 1. The van der Waals surface area contributed by atoms with Crippen LogP contribution in [0.2, 0.25) is 0 Å². The number of nitrogens with one attached hydrogen (secondary N) is 1. The number of ether oxygens (including phenoxy) is 2. The Morgan fingerprint density at radius 3 is 3.00 bits per heavy atom. The first-order valence-corrected chi connectivity index (χ1v) is 9.49. The number of fused-ring (bicyclic) bond motifs is 1. The van der Waals surface area contributed by atoms with Crippen LogP contribution in [0, 0.1) is 0 Å². The Kier molecular flexibility index (Phi) is 5.60. The molecule has 1 aromatic carbocycles. The van der Waals surface area contributed by atoms with Gasteiger partial charge in [-0.25, -0.2) is 4.98 Å². The number of hydrogen-bond acceptors (Lipinski definition) is 5. The summed E-state index contributed by atoms with van der Waals surface area (Å²) in [5.74, 6) is 0.933. The van der Waals surface area contributed by atoms with Crippen LogP contribution in [-0.4, -0.2) is 29.0 Å². The first-order valence-electron chi connectivity index (χ1n) is 7.82. The van der Waals surface area contributed by atoms with Crippen LogP contribution < -0.4 is 14.8 Å². The molecular formula is C17H18BrN3O3S. The van der Waals surface area contributed by atoms with Crippen LogP contribution in [0.5, 0.6) is 11.5 Å². The molecule has 0 fully saturated rings. The molecule has 0 saturated carbocycles. The Labute approximate surface area is 157 Å². The average molecular weight is 424 g/mol. The Hall–Kier alpha value is -2.06. The highest BCUT2D eigenvalue weighted by atomic mass is 79.9. The zero-order valence-corrected chi connectivity index (χ0v) is 16.3. The summed E-state index contributed by atoms with van der Waals surface area (Å²) in [7, 11) is 1.56. The van der Waals surface area contributed by atoms with Crippen LogP contribution >= 0.6 is 27.3 Å². The molecule has 132 valence electrons. The number of imidazole rings is 1. The van der Waals surface area contributed by atoms with Crippen molar-refractivity contribution in [2.45, 2.75) is 19.9 Å². The van der Waals surface area contributed by atoms with Gasteiger partial charge in [-0.15, -0.1) is 11.3 Å². The van der Waals surface area contributed by atoms with Gasteiger partial charge in [-0.3, -0.25) is 9.20 Å². The van der Waals surface area contributed by atoms with Gasteiger partial charge in [0.1, 0.15) is 0 Å². The molecule has 6 nitrogen and oxygen atoms in total. The molecule has 3 aromatic rings. The van der Waals surface area contributed by atoms with Gasteiger partial charge in [0.25, 0.3) is 5.91 Å². The van der Waals surface area contributed by atoms with Gasteiger partial charge in [0, 0.05) is 23.3 Å². The molecule has 0 bridgehead atoms. The fourth-order valence-electron chi connectivity index (χ4n) is 2.33. The normalized spacial score (nSPS) is 10.8. The van der Waals surface area contributed by atoms with Crippen molar-refractivity contribution in [1.29, 1.82) is 0 Å². The van der Waals surface area contributed by atoms with Crippen LogP contribution in [0.25, 0.3) is 4.96 Å². The van der Waals surface area contributed by atoms with Crippen molar-refractivity contribution < 1.29 is 14.3 Å². The lowest BCUT2D eigenvalue weighted by Crippen LogP contribution is -2.23. The number of halogens is 1. The first-order chi connectivity index (χ1) is 12.1. The number of aromatic nitrogens is 2. The monoisotopic (exact) mass is 423 g/mol. The van der Waals surface area contributed by atoms with Crippen molar-refractivity contribution >= 4 is 38.1 Å². The highest BCUT2D eigenvalue weighted by Gasteiger charge is 2.16. The lowest BCUT2D eigenvalue weighted by atomic mass is 10.2. The molecule has 0 aliphatic heterocycles. The van der Waals surface area contributed by atoms with Gasteiger partial charge in [-0.05, 0) is 34.5 Å². The largest absolute Gasteiger partial charge is 0.493 e. The summed E-state index contributed by atoms with van der Waals surface area (Å²) in [5, 5.41) is 4.85. The number of carbonyl (C=O) groups is 1. The zero-order chi connectivity index (χ0) is 17.8. The SMILES string of the molecule is CCCOc1c(Br)cc(C(=O)NCc2cn3ccsc3n2)cc1OC. The molecule has 0 aliphatic carbocycles. The second-order valence-electron chi connectivity index (χ2n) is 5.35. The Bertz CT molecular complexity index is 862. The van der Waals surface area contributed by atoms with Crippen molar-refractivity contribution in [2.75, 3.05) is 13.7 Å². The fraction of sp³-hybridized carbons (Fsp3) is 0.294. The van der Waals surface area contributed by atoms with Gasteiger partial charge in [0.05, 0.1) is 30.4 Å². The lowest BCUT2D eigenvalue weighted by Gasteiger charge is -2.14. The van der Waals surface area contributed by atoms with Crippen LogP contribution in [0.1, 0.15) is 29.4 Å². The molecule has 25 heavy (non-hydrogen) atoms. The van der Waals surface area contributed by atoms with Crippen molar-refractivity contribution in [1.82, 2.24) is 14.7 Å². The van der Waals surface area contributed by atoms with E-state index in [0.29, 0.717) is 34.7 Å². The highest BCUT2D eigenvalue weighted by Crippen LogP contribution is 2.36. The number of benzene rings is 1. The molecule has 0 radical (unpaired) electrons. The van der Waals surface area contributed by atoms with Gasteiger partial charge in [0.15, 0.2) is 16.5 Å². The minimum absolute atomic E-state index is 0.197. The molecule has 0 saturated heterocycles.